The Morgan fingerprint density at radius 1 is 1.00 bits per heavy atom. The highest BCUT2D eigenvalue weighted by atomic mass is 16.3. The quantitative estimate of drug-likeness (QED) is 0.524. The number of amides is 2. The van der Waals surface area contributed by atoms with E-state index < -0.39 is 0 Å². The van der Waals surface area contributed by atoms with Gasteiger partial charge >= 0.3 is 0 Å². The van der Waals surface area contributed by atoms with Gasteiger partial charge in [-0.3, -0.25) is 9.59 Å². The van der Waals surface area contributed by atoms with Crippen LogP contribution in [0.25, 0.3) is 21.9 Å². The summed E-state index contributed by atoms with van der Waals surface area (Å²) < 4.78 is 5.54. The molecule has 1 aromatic heterocycles. The highest BCUT2D eigenvalue weighted by molar-refractivity contribution is 6.13. The third-order valence-electron chi connectivity index (χ3n) is 5.09. The summed E-state index contributed by atoms with van der Waals surface area (Å²) in [6, 6.07) is 16.8. The number of benzene rings is 3. The molecule has 1 saturated carbocycles. The molecule has 1 heterocycles. The lowest BCUT2D eigenvalue weighted by molar-refractivity contribution is -0.117. The Morgan fingerprint density at radius 2 is 1.76 bits per heavy atom. The van der Waals surface area contributed by atoms with Crippen molar-refractivity contribution in [2.45, 2.75) is 19.8 Å². The zero-order chi connectivity index (χ0) is 20.0. The van der Waals surface area contributed by atoms with E-state index in [0.29, 0.717) is 28.4 Å². The van der Waals surface area contributed by atoms with Gasteiger partial charge in [-0.1, -0.05) is 24.3 Å². The number of aromatic nitrogens is 1. The maximum Gasteiger partial charge on any atom is 0.257 e. The van der Waals surface area contributed by atoms with Crippen molar-refractivity contribution >= 4 is 45.1 Å². The second-order valence-electron chi connectivity index (χ2n) is 7.38. The average molecular weight is 385 g/mol. The van der Waals surface area contributed by atoms with E-state index in [0.717, 1.165) is 29.1 Å². The number of hydrogen-bond acceptors (Lipinski definition) is 4. The van der Waals surface area contributed by atoms with E-state index in [2.05, 4.69) is 15.6 Å². The summed E-state index contributed by atoms with van der Waals surface area (Å²) in [7, 11) is 0. The van der Waals surface area contributed by atoms with Gasteiger partial charge in [0.1, 0.15) is 5.52 Å². The Labute approximate surface area is 166 Å². The topological polar surface area (TPSA) is 84.2 Å². The van der Waals surface area contributed by atoms with Crippen LogP contribution in [0.1, 0.15) is 29.1 Å². The van der Waals surface area contributed by atoms with Gasteiger partial charge in [-0.2, -0.15) is 0 Å². The monoisotopic (exact) mass is 385 g/mol. The molecule has 6 nitrogen and oxygen atoms in total. The van der Waals surface area contributed by atoms with Crippen molar-refractivity contribution in [3.05, 3.63) is 66.1 Å². The first kappa shape index (κ1) is 17.4. The molecule has 6 heteroatoms. The number of anilines is 2. The van der Waals surface area contributed by atoms with Crippen molar-refractivity contribution in [3.8, 4) is 0 Å². The van der Waals surface area contributed by atoms with E-state index >= 15 is 0 Å². The second kappa shape index (κ2) is 6.74. The summed E-state index contributed by atoms with van der Waals surface area (Å²) >= 11 is 0. The normalized spacial score (nSPS) is 13.6. The van der Waals surface area contributed by atoms with E-state index in [1.165, 1.54) is 0 Å². The Bertz CT molecular complexity index is 1270. The Morgan fingerprint density at radius 3 is 2.52 bits per heavy atom. The highest BCUT2D eigenvalue weighted by Gasteiger charge is 2.30. The third-order valence-corrected chi connectivity index (χ3v) is 5.09. The largest absolute Gasteiger partial charge is 0.441 e. The summed E-state index contributed by atoms with van der Waals surface area (Å²) in [5, 5.41) is 7.74. The lowest BCUT2D eigenvalue weighted by Gasteiger charge is -2.13. The van der Waals surface area contributed by atoms with E-state index in [1.807, 2.05) is 36.4 Å². The summed E-state index contributed by atoms with van der Waals surface area (Å²) in [5.74, 6) is 0.294. The summed E-state index contributed by atoms with van der Waals surface area (Å²) in [6.07, 6.45) is 1.80. The van der Waals surface area contributed by atoms with Gasteiger partial charge in [0, 0.05) is 24.6 Å². The summed E-state index contributed by atoms with van der Waals surface area (Å²) in [4.78, 5) is 29.7. The van der Waals surface area contributed by atoms with Crippen LogP contribution >= 0.6 is 0 Å². The molecule has 144 valence electrons. The van der Waals surface area contributed by atoms with Gasteiger partial charge < -0.3 is 15.1 Å². The van der Waals surface area contributed by atoms with Gasteiger partial charge in [0.15, 0.2) is 11.5 Å². The molecule has 0 saturated heterocycles. The van der Waals surface area contributed by atoms with E-state index in [-0.39, 0.29) is 17.7 Å². The molecule has 5 rings (SSSR count). The molecule has 0 unspecified atom stereocenters. The molecule has 1 aliphatic carbocycles. The van der Waals surface area contributed by atoms with Crippen LogP contribution in [-0.2, 0) is 4.79 Å². The first-order chi connectivity index (χ1) is 14.1. The SMILES string of the molecule is Cc1nc2ccc(NC(=O)c3cc4ccccc4cc3NC(=O)C3CC3)cc2o1. The number of hydrogen-bond donors (Lipinski definition) is 2. The fourth-order valence-corrected chi connectivity index (χ4v) is 3.43. The fraction of sp³-hybridized carbons (Fsp3) is 0.174. The molecule has 0 spiro atoms. The van der Waals surface area contributed by atoms with Gasteiger partial charge in [-0.25, -0.2) is 4.98 Å². The molecule has 0 radical (unpaired) electrons. The third kappa shape index (κ3) is 3.45. The minimum atomic E-state index is -0.294. The van der Waals surface area contributed by atoms with E-state index in [1.54, 1.807) is 25.1 Å². The maximum absolute atomic E-state index is 13.1. The number of fused-ring (bicyclic) bond motifs is 2. The summed E-state index contributed by atoms with van der Waals surface area (Å²) in [5.41, 5.74) is 2.90. The molecular weight excluding hydrogens is 366 g/mol. The van der Waals surface area contributed by atoms with Gasteiger partial charge in [-0.15, -0.1) is 0 Å². The van der Waals surface area contributed by atoms with Crippen molar-refractivity contribution in [1.29, 1.82) is 0 Å². The Balaban J connectivity index is 1.50. The van der Waals surface area contributed by atoms with Crippen molar-refractivity contribution in [3.63, 3.8) is 0 Å². The molecule has 0 bridgehead atoms. The van der Waals surface area contributed by atoms with Crippen molar-refractivity contribution in [1.82, 2.24) is 4.98 Å². The number of nitrogens with one attached hydrogen (secondary N) is 2. The lowest BCUT2D eigenvalue weighted by Crippen LogP contribution is -2.19. The fourth-order valence-electron chi connectivity index (χ4n) is 3.43. The van der Waals surface area contributed by atoms with E-state index in [4.69, 9.17) is 4.42 Å². The number of carbonyl (C=O) groups excluding carboxylic acids is 2. The van der Waals surface area contributed by atoms with Crippen LogP contribution in [0.15, 0.2) is 59.0 Å². The molecule has 1 aliphatic rings. The van der Waals surface area contributed by atoms with Crippen LogP contribution in [0.2, 0.25) is 0 Å². The predicted octanol–water partition coefficient (Wildman–Crippen LogP) is 4.89. The Kier molecular flexibility index (Phi) is 4.05. The molecule has 1 fully saturated rings. The van der Waals surface area contributed by atoms with Crippen LogP contribution in [0.3, 0.4) is 0 Å². The van der Waals surface area contributed by atoms with Gasteiger partial charge in [0.05, 0.1) is 11.3 Å². The van der Waals surface area contributed by atoms with Crippen LogP contribution in [0.5, 0.6) is 0 Å². The van der Waals surface area contributed by atoms with Crippen LogP contribution < -0.4 is 10.6 Å². The highest BCUT2D eigenvalue weighted by Crippen LogP contribution is 2.32. The first-order valence-corrected chi connectivity index (χ1v) is 9.59. The molecular formula is C23H19N3O3. The molecule has 2 N–H and O–H groups in total. The number of carbonyl (C=O) groups is 2. The number of rotatable bonds is 4. The first-order valence-electron chi connectivity index (χ1n) is 9.59. The van der Waals surface area contributed by atoms with Crippen molar-refractivity contribution < 1.29 is 14.0 Å². The predicted molar refractivity (Wildman–Crippen MR) is 112 cm³/mol. The zero-order valence-electron chi connectivity index (χ0n) is 15.9. The molecule has 4 aromatic rings. The van der Waals surface area contributed by atoms with Crippen molar-refractivity contribution in [2.24, 2.45) is 5.92 Å². The van der Waals surface area contributed by atoms with E-state index in [9.17, 15) is 9.59 Å². The van der Waals surface area contributed by atoms with Crippen LogP contribution in [0, 0.1) is 12.8 Å². The zero-order valence-corrected chi connectivity index (χ0v) is 15.9. The lowest BCUT2D eigenvalue weighted by atomic mass is 10.0. The maximum atomic E-state index is 13.1. The molecule has 0 aliphatic heterocycles. The Hall–Kier alpha value is -3.67. The second-order valence-corrected chi connectivity index (χ2v) is 7.38. The molecule has 29 heavy (non-hydrogen) atoms. The van der Waals surface area contributed by atoms with Gasteiger partial charge in [-0.05, 0) is 47.9 Å². The van der Waals surface area contributed by atoms with Crippen LogP contribution in [-0.4, -0.2) is 16.8 Å². The number of aryl methyl sites for hydroxylation is 1. The van der Waals surface area contributed by atoms with Crippen molar-refractivity contribution in [2.75, 3.05) is 10.6 Å². The van der Waals surface area contributed by atoms with Crippen LogP contribution in [0.4, 0.5) is 11.4 Å². The minimum Gasteiger partial charge on any atom is -0.441 e. The number of nitrogens with zero attached hydrogens (tertiary/aromatic N) is 1. The molecule has 3 aromatic carbocycles. The summed E-state index contributed by atoms with van der Waals surface area (Å²) in [6.45, 7) is 1.78. The standard InChI is InChI=1S/C23H19N3O3/c1-13-24-19-9-8-17(12-21(19)29-13)25-23(28)18-10-15-4-2-3-5-16(15)11-20(18)26-22(27)14-6-7-14/h2-5,8-12,14H,6-7H2,1H3,(H,25,28)(H,26,27). The average Bonchev–Trinajstić information content (AvgIpc) is 3.49. The number of oxazole rings is 1. The molecule has 0 atom stereocenters. The minimum absolute atomic E-state index is 0.0344. The smallest absolute Gasteiger partial charge is 0.257 e. The van der Waals surface area contributed by atoms with Gasteiger partial charge in [0.2, 0.25) is 5.91 Å². The van der Waals surface area contributed by atoms with Gasteiger partial charge in [0.25, 0.3) is 5.91 Å². The molecule has 2 amide bonds.